The zero-order valence-electron chi connectivity index (χ0n) is 5.02. The van der Waals surface area contributed by atoms with Gasteiger partial charge in [0, 0.05) is 11.6 Å². The third-order valence-electron chi connectivity index (χ3n) is 1.43. The minimum absolute atomic E-state index is 0.259. The lowest BCUT2D eigenvalue weighted by molar-refractivity contribution is 0.357. The molecule has 1 aliphatic heterocycles. The molecule has 0 saturated heterocycles. The minimum atomic E-state index is 0.259. The van der Waals surface area contributed by atoms with Crippen molar-refractivity contribution in [3.8, 4) is 0 Å². The summed E-state index contributed by atoms with van der Waals surface area (Å²) in [7, 11) is 0. The van der Waals surface area contributed by atoms with Gasteiger partial charge in [-0.1, -0.05) is 0 Å². The van der Waals surface area contributed by atoms with E-state index in [1.54, 1.807) is 0 Å². The van der Waals surface area contributed by atoms with Crippen LogP contribution in [-0.2, 0) is 0 Å². The second-order valence-electron chi connectivity index (χ2n) is 2.02. The molecule has 0 bridgehead atoms. The average molecular weight is 114 g/mol. The third-order valence-corrected chi connectivity index (χ3v) is 1.43. The van der Waals surface area contributed by atoms with Gasteiger partial charge in [0.25, 0.3) is 0 Å². The van der Waals surface area contributed by atoms with E-state index in [-0.39, 0.29) is 11.9 Å². The van der Waals surface area contributed by atoms with Crippen molar-refractivity contribution >= 4 is 0 Å². The van der Waals surface area contributed by atoms with E-state index in [2.05, 4.69) is 10.9 Å². The molecule has 3 N–H and O–H groups in total. The van der Waals surface area contributed by atoms with Crippen molar-refractivity contribution in [1.29, 1.82) is 0 Å². The summed E-state index contributed by atoms with van der Waals surface area (Å²) in [6.45, 7) is 3.86. The van der Waals surface area contributed by atoms with Gasteiger partial charge in [-0.05, 0) is 13.8 Å². The lowest BCUT2D eigenvalue weighted by Gasteiger charge is -1.99. The van der Waals surface area contributed by atoms with Crippen molar-refractivity contribution in [3.05, 3.63) is 11.5 Å². The van der Waals surface area contributed by atoms with E-state index in [0.29, 0.717) is 0 Å². The lowest BCUT2D eigenvalue weighted by Crippen LogP contribution is -2.30. The summed E-state index contributed by atoms with van der Waals surface area (Å²) >= 11 is 0. The number of hydrogen-bond acceptors (Lipinski definition) is 3. The molecule has 8 heavy (non-hydrogen) atoms. The predicted molar refractivity (Wildman–Crippen MR) is 31.1 cm³/mol. The van der Waals surface area contributed by atoms with Crippen molar-refractivity contribution in [2.75, 3.05) is 0 Å². The Labute approximate surface area is 48.4 Å². The maximum atomic E-state index is 8.87. The van der Waals surface area contributed by atoms with Crippen molar-refractivity contribution in [1.82, 2.24) is 10.9 Å². The third kappa shape index (κ3) is 0.648. The fraction of sp³-hybridized carbons (Fsp3) is 0.600. The van der Waals surface area contributed by atoms with Crippen molar-refractivity contribution in [3.63, 3.8) is 0 Å². The maximum Gasteiger partial charge on any atom is 0.199 e. The highest BCUT2D eigenvalue weighted by Gasteiger charge is 2.14. The number of hydrazine groups is 1. The van der Waals surface area contributed by atoms with E-state index < -0.39 is 0 Å². The SMILES string of the molecule is CC1=C(O)NNC1C. The molecule has 0 amide bonds. The molecule has 0 saturated carbocycles. The van der Waals surface area contributed by atoms with Crippen molar-refractivity contribution in [2.24, 2.45) is 0 Å². The van der Waals surface area contributed by atoms with Gasteiger partial charge in [-0.3, -0.25) is 5.43 Å². The standard InChI is InChI=1S/C5H10N2O/c1-3-4(2)6-7-5(3)8/h4,6-8H,1-2H3. The quantitative estimate of drug-likeness (QED) is 0.423. The van der Waals surface area contributed by atoms with Crippen molar-refractivity contribution in [2.45, 2.75) is 19.9 Å². The molecular weight excluding hydrogens is 104 g/mol. The molecule has 3 nitrogen and oxygen atoms in total. The number of aliphatic hydroxyl groups excluding tert-OH is 1. The fourth-order valence-corrected chi connectivity index (χ4v) is 0.589. The summed E-state index contributed by atoms with van der Waals surface area (Å²) < 4.78 is 0. The first-order valence-electron chi connectivity index (χ1n) is 2.63. The van der Waals surface area contributed by atoms with Gasteiger partial charge in [0.1, 0.15) is 0 Å². The van der Waals surface area contributed by atoms with Gasteiger partial charge in [0.2, 0.25) is 0 Å². The maximum absolute atomic E-state index is 8.87. The van der Waals surface area contributed by atoms with Gasteiger partial charge in [0.05, 0.1) is 0 Å². The van der Waals surface area contributed by atoms with E-state index >= 15 is 0 Å². The largest absolute Gasteiger partial charge is 0.494 e. The Bertz CT molecular complexity index is 130. The Morgan fingerprint density at radius 2 is 2.25 bits per heavy atom. The van der Waals surface area contributed by atoms with Crippen LogP contribution in [0, 0.1) is 0 Å². The zero-order valence-corrected chi connectivity index (χ0v) is 5.02. The molecule has 46 valence electrons. The van der Waals surface area contributed by atoms with E-state index in [9.17, 15) is 0 Å². The average Bonchev–Trinajstić information content (AvgIpc) is 1.98. The lowest BCUT2D eigenvalue weighted by atomic mass is 10.2. The Morgan fingerprint density at radius 3 is 2.38 bits per heavy atom. The number of nitrogens with one attached hydrogen (secondary N) is 2. The second kappa shape index (κ2) is 1.67. The van der Waals surface area contributed by atoms with Gasteiger partial charge in [0.15, 0.2) is 5.88 Å². The highest BCUT2D eigenvalue weighted by Crippen LogP contribution is 2.07. The van der Waals surface area contributed by atoms with Crippen LogP contribution in [0.4, 0.5) is 0 Å². The summed E-state index contributed by atoms with van der Waals surface area (Å²) in [5.74, 6) is 0.262. The Hall–Kier alpha value is -0.700. The van der Waals surface area contributed by atoms with Crippen LogP contribution in [0.25, 0.3) is 0 Å². The molecule has 0 fully saturated rings. The highest BCUT2D eigenvalue weighted by atomic mass is 16.3. The summed E-state index contributed by atoms with van der Waals surface area (Å²) in [4.78, 5) is 0. The van der Waals surface area contributed by atoms with Crippen LogP contribution in [-0.4, -0.2) is 11.1 Å². The minimum Gasteiger partial charge on any atom is -0.494 e. The molecule has 0 aromatic carbocycles. The molecule has 0 spiro atoms. The molecule has 0 aromatic rings. The Morgan fingerprint density at radius 1 is 1.62 bits per heavy atom. The molecule has 0 aliphatic carbocycles. The van der Waals surface area contributed by atoms with Crippen LogP contribution in [0.3, 0.4) is 0 Å². The van der Waals surface area contributed by atoms with Gasteiger partial charge < -0.3 is 5.11 Å². The fourth-order valence-electron chi connectivity index (χ4n) is 0.589. The molecule has 3 heteroatoms. The number of rotatable bonds is 0. The molecule has 0 aromatic heterocycles. The Kier molecular flexibility index (Phi) is 1.13. The molecular formula is C5H10N2O. The topological polar surface area (TPSA) is 44.3 Å². The van der Waals surface area contributed by atoms with Crippen LogP contribution in [0.15, 0.2) is 11.5 Å². The highest BCUT2D eigenvalue weighted by molar-refractivity contribution is 5.13. The van der Waals surface area contributed by atoms with Crippen LogP contribution in [0.2, 0.25) is 0 Å². The van der Waals surface area contributed by atoms with Crippen LogP contribution >= 0.6 is 0 Å². The molecule has 1 unspecified atom stereocenters. The van der Waals surface area contributed by atoms with E-state index in [1.807, 2.05) is 13.8 Å². The molecule has 0 radical (unpaired) electrons. The van der Waals surface area contributed by atoms with Crippen LogP contribution < -0.4 is 10.9 Å². The zero-order chi connectivity index (χ0) is 6.15. The summed E-state index contributed by atoms with van der Waals surface area (Å²) in [5.41, 5.74) is 6.41. The molecule has 1 rings (SSSR count). The first kappa shape index (κ1) is 5.44. The second-order valence-corrected chi connectivity index (χ2v) is 2.02. The first-order chi connectivity index (χ1) is 3.72. The first-order valence-corrected chi connectivity index (χ1v) is 2.63. The van der Waals surface area contributed by atoms with E-state index in [4.69, 9.17) is 5.11 Å². The van der Waals surface area contributed by atoms with Crippen LogP contribution in [0.5, 0.6) is 0 Å². The van der Waals surface area contributed by atoms with E-state index in [0.717, 1.165) is 5.57 Å². The normalized spacial score (nSPS) is 28.5. The van der Waals surface area contributed by atoms with Gasteiger partial charge in [-0.2, -0.15) is 0 Å². The van der Waals surface area contributed by atoms with Gasteiger partial charge >= 0.3 is 0 Å². The van der Waals surface area contributed by atoms with Gasteiger partial charge in [-0.25, -0.2) is 5.43 Å². The van der Waals surface area contributed by atoms with E-state index in [1.165, 1.54) is 0 Å². The monoisotopic (exact) mass is 114 g/mol. The molecule has 1 heterocycles. The predicted octanol–water partition coefficient (Wildman–Crippen LogP) is 0.272. The number of hydrogen-bond donors (Lipinski definition) is 3. The van der Waals surface area contributed by atoms with Gasteiger partial charge in [-0.15, -0.1) is 0 Å². The van der Waals surface area contributed by atoms with Crippen LogP contribution in [0.1, 0.15) is 13.8 Å². The van der Waals surface area contributed by atoms with Crippen molar-refractivity contribution < 1.29 is 5.11 Å². The molecule has 1 aliphatic rings. The smallest absolute Gasteiger partial charge is 0.199 e. The summed E-state index contributed by atoms with van der Waals surface area (Å²) in [6, 6.07) is 0.259. The Balaban J connectivity index is 2.71. The summed E-state index contributed by atoms with van der Waals surface area (Å²) in [6.07, 6.45) is 0. The molecule has 1 atom stereocenters. The number of aliphatic hydroxyl groups is 1. The summed E-state index contributed by atoms with van der Waals surface area (Å²) in [5, 5.41) is 8.87.